The quantitative estimate of drug-likeness (QED) is 0.555. The number of amides is 1. The number of rotatable bonds is 5. The number of benzene rings is 3. The van der Waals surface area contributed by atoms with Gasteiger partial charge in [-0.2, -0.15) is 0 Å². The van der Waals surface area contributed by atoms with Crippen molar-refractivity contribution >= 4 is 22.7 Å². The van der Waals surface area contributed by atoms with Crippen LogP contribution in [0.15, 0.2) is 77.2 Å². The lowest BCUT2D eigenvalue weighted by Gasteiger charge is -2.10. The maximum atomic E-state index is 12.3. The van der Waals surface area contributed by atoms with Crippen molar-refractivity contribution in [1.29, 1.82) is 0 Å². The van der Waals surface area contributed by atoms with Gasteiger partial charge >= 0.3 is 0 Å². The summed E-state index contributed by atoms with van der Waals surface area (Å²) in [6.07, 6.45) is 0. The Morgan fingerprint density at radius 2 is 1.81 bits per heavy atom. The minimum atomic E-state index is -0.225. The molecule has 27 heavy (non-hydrogen) atoms. The standard InChI is InChI=1S/C22H18N2O3/c1-15-11-12-16(22-24-18-9-5-6-10-20(18)27-22)13-19(15)23-21(25)14-26-17-7-3-2-4-8-17/h2-13H,14H2,1H3,(H,23,25). The van der Waals surface area contributed by atoms with Crippen molar-refractivity contribution in [1.82, 2.24) is 4.98 Å². The van der Waals surface area contributed by atoms with Crippen LogP contribution in [0.25, 0.3) is 22.6 Å². The molecule has 0 atom stereocenters. The highest BCUT2D eigenvalue weighted by Gasteiger charge is 2.11. The molecule has 0 aliphatic carbocycles. The van der Waals surface area contributed by atoms with Crippen molar-refractivity contribution in [2.75, 3.05) is 11.9 Å². The Morgan fingerprint density at radius 1 is 1.04 bits per heavy atom. The average Bonchev–Trinajstić information content (AvgIpc) is 3.13. The van der Waals surface area contributed by atoms with Crippen molar-refractivity contribution in [3.63, 3.8) is 0 Å². The minimum Gasteiger partial charge on any atom is -0.484 e. The zero-order valence-corrected chi connectivity index (χ0v) is 14.8. The van der Waals surface area contributed by atoms with Gasteiger partial charge in [0.15, 0.2) is 12.2 Å². The number of nitrogens with one attached hydrogen (secondary N) is 1. The largest absolute Gasteiger partial charge is 0.484 e. The second kappa shape index (κ2) is 7.33. The number of aromatic nitrogens is 1. The van der Waals surface area contributed by atoms with Gasteiger partial charge in [-0.3, -0.25) is 4.79 Å². The number of fused-ring (bicyclic) bond motifs is 1. The van der Waals surface area contributed by atoms with Gasteiger partial charge in [0.2, 0.25) is 5.89 Å². The fraction of sp³-hybridized carbons (Fsp3) is 0.0909. The maximum Gasteiger partial charge on any atom is 0.262 e. The van der Waals surface area contributed by atoms with E-state index in [4.69, 9.17) is 9.15 Å². The molecule has 4 aromatic rings. The van der Waals surface area contributed by atoms with E-state index in [1.165, 1.54) is 0 Å². The summed E-state index contributed by atoms with van der Waals surface area (Å²) >= 11 is 0. The highest BCUT2D eigenvalue weighted by molar-refractivity contribution is 5.93. The minimum absolute atomic E-state index is 0.0590. The topological polar surface area (TPSA) is 64.4 Å². The first-order valence-electron chi connectivity index (χ1n) is 8.63. The van der Waals surface area contributed by atoms with Gasteiger partial charge in [-0.05, 0) is 48.9 Å². The average molecular weight is 358 g/mol. The van der Waals surface area contributed by atoms with E-state index in [1.807, 2.05) is 79.7 Å². The first-order chi connectivity index (χ1) is 13.2. The first kappa shape index (κ1) is 16.8. The molecule has 3 aromatic carbocycles. The van der Waals surface area contributed by atoms with E-state index < -0.39 is 0 Å². The zero-order valence-electron chi connectivity index (χ0n) is 14.8. The van der Waals surface area contributed by atoms with Crippen molar-refractivity contribution in [3.8, 4) is 17.2 Å². The summed E-state index contributed by atoms with van der Waals surface area (Å²) in [4.78, 5) is 16.8. The summed E-state index contributed by atoms with van der Waals surface area (Å²) in [5.41, 5.74) is 3.99. The highest BCUT2D eigenvalue weighted by Crippen LogP contribution is 2.27. The summed E-state index contributed by atoms with van der Waals surface area (Å²) in [6, 6.07) is 22.6. The monoisotopic (exact) mass is 358 g/mol. The summed E-state index contributed by atoms with van der Waals surface area (Å²) in [6.45, 7) is 1.88. The van der Waals surface area contributed by atoms with Crippen LogP contribution < -0.4 is 10.1 Å². The van der Waals surface area contributed by atoms with Gasteiger partial charge < -0.3 is 14.5 Å². The van der Waals surface area contributed by atoms with Gasteiger partial charge in [0.25, 0.3) is 5.91 Å². The smallest absolute Gasteiger partial charge is 0.262 e. The summed E-state index contributed by atoms with van der Waals surface area (Å²) in [5, 5.41) is 2.89. The Labute approximate surface area is 156 Å². The Hall–Kier alpha value is -3.60. The first-order valence-corrected chi connectivity index (χ1v) is 8.63. The van der Waals surface area contributed by atoms with Crippen molar-refractivity contribution < 1.29 is 13.9 Å². The van der Waals surface area contributed by atoms with E-state index in [1.54, 1.807) is 0 Å². The Kier molecular flexibility index (Phi) is 4.58. The van der Waals surface area contributed by atoms with Crippen molar-refractivity contribution in [2.45, 2.75) is 6.92 Å². The third-order valence-electron chi connectivity index (χ3n) is 4.17. The van der Waals surface area contributed by atoms with Crippen molar-refractivity contribution in [3.05, 3.63) is 78.4 Å². The molecule has 0 saturated carbocycles. The molecule has 1 N–H and O–H groups in total. The second-order valence-electron chi connectivity index (χ2n) is 6.17. The molecular formula is C22H18N2O3. The third-order valence-corrected chi connectivity index (χ3v) is 4.17. The molecule has 0 fully saturated rings. The Bertz CT molecular complexity index is 1050. The fourth-order valence-corrected chi connectivity index (χ4v) is 2.74. The predicted molar refractivity (Wildman–Crippen MR) is 105 cm³/mol. The van der Waals surface area contributed by atoms with E-state index in [-0.39, 0.29) is 12.5 Å². The van der Waals surface area contributed by atoms with E-state index in [0.717, 1.165) is 22.2 Å². The molecular weight excluding hydrogens is 340 g/mol. The SMILES string of the molecule is Cc1ccc(-c2nc3ccccc3o2)cc1NC(=O)COc1ccccc1. The maximum absolute atomic E-state index is 12.3. The van der Waals surface area contributed by atoms with Gasteiger partial charge in [-0.25, -0.2) is 4.98 Å². The van der Waals surface area contributed by atoms with E-state index >= 15 is 0 Å². The molecule has 0 aliphatic rings. The molecule has 0 radical (unpaired) electrons. The Balaban J connectivity index is 1.51. The van der Waals surface area contributed by atoms with Gasteiger partial charge in [-0.1, -0.05) is 36.4 Å². The molecule has 134 valence electrons. The number of aryl methyl sites for hydroxylation is 1. The number of carbonyl (C=O) groups is 1. The van der Waals surface area contributed by atoms with E-state index in [2.05, 4.69) is 10.3 Å². The number of hydrogen-bond donors (Lipinski definition) is 1. The molecule has 1 aromatic heterocycles. The second-order valence-corrected chi connectivity index (χ2v) is 6.17. The van der Waals surface area contributed by atoms with Crippen LogP contribution in [0.1, 0.15) is 5.56 Å². The molecule has 0 spiro atoms. The van der Waals surface area contributed by atoms with Crippen LogP contribution in [-0.4, -0.2) is 17.5 Å². The van der Waals surface area contributed by atoms with Crippen LogP contribution >= 0.6 is 0 Å². The van der Waals surface area contributed by atoms with Gasteiger partial charge in [0.05, 0.1) is 0 Å². The molecule has 0 aliphatic heterocycles. The molecule has 5 nitrogen and oxygen atoms in total. The molecule has 0 bridgehead atoms. The molecule has 0 unspecified atom stereocenters. The van der Waals surface area contributed by atoms with Crippen LogP contribution in [0.4, 0.5) is 5.69 Å². The number of oxazole rings is 1. The van der Waals surface area contributed by atoms with Crippen LogP contribution in [0, 0.1) is 6.92 Å². The lowest BCUT2D eigenvalue weighted by atomic mass is 10.1. The zero-order chi connectivity index (χ0) is 18.6. The third kappa shape index (κ3) is 3.82. The molecule has 5 heteroatoms. The summed E-state index contributed by atoms with van der Waals surface area (Å²) in [7, 11) is 0. The Morgan fingerprint density at radius 3 is 2.63 bits per heavy atom. The van der Waals surface area contributed by atoms with Crippen LogP contribution in [0.3, 0.4) is 0 Å². The predicted octanol–water partition coefficient (Wildman–Crippen LogP) is 4.82. The van der Waals surface area contributed by atoms with Gasteiger partial charge in [-0.15, -0.1) is 0 Å². The van der Waals surface area contributed by atoms with Crippen LogP contribution in [0.5, 0.6) is 5.75 Å². The van der Waals surface area contributed by atoms with Crippen LogP contribution in [0.2, 0.25) is 0 Å². The molecule has 1 amide bonds. The number of anilines is 1. The van der Waals surface area contributed by atoms with E-state index in [9.17, 15) is 4.79 Å². The van der Waals surface area contributed by atoms with Crippen molar-refractivity contribution in [2.24, 2.45) is 0 Å². The molecule has 0 saturated heterocycles. The van der Waals surface area contributed by atoms with Gasteiger partial charge in [0, 0.05) is 11.3 Å². The number of nitrogens with zero attached hydrogens (tertiary/aromatic N) is 1. The summed E-state index contributed by atoms with van der Waals surface area (Å²) < 4.78 is 11.3. The lowest BCUT2D eigenvalue weighted by molar-refractivity contribution is -0.118. The van der Waals surface area contributed by atoms with E-state index in [0.29, 0.717) is 17.3 Å². The molecule has 4 rings (SSSR count). The fourth-order valence-electron chi connectivity index (χ4n) is 2.74. The lowest BCUT2D eigenvalue weighted by Crippen LogP contribution is -2.20. The van der Waals surface area contributed by atoms with Crippen LogP contribution in [-0.2, 0) is 4.79 Å². The number of hydrogen-bond acceptors (Lipinski definition) is 4. The highest BCUT2D eigenvalue weighted by atomic mass is 16.5. The number of ether oxygens (including phenoxy) is 1. The number of carbonyl (C=O) groups excluding carboxylic acids is 1. The normalized spacial score (nSPS) is 10.7. The number of para-hydroxylation sites is 3. The summed E-state index contributed by atoms with van der Waals surface area (Å²) in [5.74, 6) is 0.952. The molecule has 1 heterocycles. The van der Waals surface area contributed by atoms with Gasteiger partial charge in [0.1, 0.15) is 11.3 Å².